The highest BCUT2D eigenvalue weighted by Gasteiger charge is 2.22. The van der Waals surface area contributed by atoms with Crippen LogP contribution in [0.1, 0.15) is 0 Å². The van der Waals surface area contributed by atoms with Crippen LogP contribution < -0.4 is 0 Å². The van der Waals surface area contributed by atoms with Crippen LogP contribution in [0.5, 0.6) is 0 Å². The second-order valence-corrected chi connectivity index (χ2v) is 13.6. The van der Waals surface area contributed by atoms with Crippen molar-refractivity contribution in [3.63, 3.8) is 0 Å². The van der Waals surface area contributed by atoms with E-state index in [1.54, 1.807) is 0 Å². The van der Waals surface area contributed by atoms with Crippen LogP contribution in [0.15, 0.2) is 182 Å². The van der Waals surface area contributed by atoms with E-state index in [9.17, 15) is 0 Å². The quantitative estimate of drug-likeness (QED) is 0.132. The van der Waals surface area contributed by atoms with Gasteiger partial charge >= 0.3 is 0 Å². The molecule has 50 heavy (non-hydrogen) atoms. The van der Waals surface area contributed by atoms with E-state index in [4.69, 9.17) is 0 Å². The molecule has 0 amide bonds. The van der Waals surface area contributed by atoms with E-state index in [1.165, 1.54) is 108 Å². The van der Waals surface area contributed by atoms with Gasteiger partial charge in [0.2, 0.25) is 0 Å². The number of benzene rings is 11. The molecule has 0 unspecified atom stereocenters. The second kappa shape index (κ2) is 10.5. The van der Waals surface area contributed by atoms with E-state index in [1.807, 2.05) is 0 Å². The molecule has 0 heterocycles. The topological polar surface area (TPSA) is 0 Å². The molecule has 0 aliphatic rings. The maximum absolute atomic E-state index is 2.50. The molecule has 11 aromatic rings. The van der Waals surface area contributed by atoms with Crippen molar-refractivity contribution in [1.82, 2.24) is 0 Å². The summed E-state index contributed by atoms with van der Waals surface area (Å²) in [7, 11) is 0. The lowest BCUT2D eigenvalue weighted by Gasteiger charge is -2.22. The molecule has 0 heteroatoms. The third-order valence-electron chi connectivity index (χ3n) is 11.0. The normalized spacial score (nSPS) is 12.0. The van der Waals surface area contributed by atoms with Gasteiger partial charge in [-0.15, -0.1) is 0 Å². The molecule has 0 aliphatic heterocycles. The molecule has 0 N–H and O–H groups in total. The van der Waals surface area contributed by atoms with Crippen molar-refractivity contribution in [1.29, 1.82) is 0 Å². The Bertz CT molecular complexity index is 3200. The van der Waals surface area contributed by atoms with Gasteiger partial charge in [0.05, 0.1) is 0 Å². The lowest BCUT2D eigenvalue weighted by atomic mass is 9.81. The first-order valence-electron chi connectivity index (χ1n) is 17.4. The van der Waals surface area contributed by atoms with Crippen LogP contribution in [-0.4, -0.2) is 0 Å². The highest BCUT2D eigenvalue weighted by Crippen LogP contribution is 2.50. The molecule has 0 nitrogen and oxygen atoms in total. The monoisotopic (exact) mass is 630 g/mol. The number of hydrogen-bond acceptors (Lipinski definition) is 0. The fourth-order valence-corrected chi connectivity index (χ4v) is 8.86. The van der Waals surface area contributed by atoms with Gasteiger partial charge in [0.1, 0.15) is 0 Å². The van der Waals surface area contributed by atoms with Crippen molar-refractivity contribution in [2.45, 2.75) is 0 Å². The molecule has 11 rings (SSSR count). The van der Waals surface area contributed by atoms with Gasteiger partial charge < -0.3 is 0 Å². The van der Waals surface area contributed by atoms with Crippen molar-refractivity contribution in [3.05, 3.63) is 182 Å². The largest absolute Gasteiger partial charge is 0.0616 e. The average Bonchev–Trinajstić information content (AvgIpc) is 3.19. The minimum absolute atomic E-state index is 1.24. The summed E-state index contributed by atoms with van der Waals surface area (Å²) in [5.74, 6) is 0. The maximum atomic E-state index is 2.50. The van der Waals surface area contributed by atoms with Crippen LogP contribution in [-0.2, 0) is 0 Å². The summed E-state index contributed by atoms with van der Waals surface area (Å²) in [6.07, 6.45) is 0. The lowest BCUT2D eigenvalue weighted by Crippen LogP contribution is -1.94. The molecule has 0 saturated heterocycles. The molecule has 230 valence electrons. The zero-order valence-electron chi connectivity index (χ0n) is 27.3. The van der Waals surface area contributed by atoms with Crippen molar-refractivity contribution < 1.29 is 0 Å². The van der Waals surface area contributed by atoms with Gasteiger partial charge in [-0.3, -0.25) is 0 Å². The number of rotatable bonds is 2. The van der Waals surface area contributed by atoms with E-state index < -0.39 is 0 Å². The van der Waals surface area contributed by atoms with Crippen LogP contribution in [0, 0.1) is 0 Å². The first kappa shape index (κ1) is 27.5. The van der Waals surface area contributed by atoms with E-state index in [0.29, 0.717) is 0 Å². The summed E-state index contributed by atoms with van der Waals surface area (Å²) in [4.78, 5) is 0. The standard InChI is InChI=1S/C50H30/c1-2-15-33-29-34(26-25-31(33)13-1)47-42-23-11-12-24-43(42)49(44-28-27-32-14-3-4-16-35(32)50(44)47)46-30-45-38-19-6-5-17-36(38)37-18-7-9-21-40(37)48(45)41-22-10-8-20-39(41)46/h1-30H. The Balaban J connectivity index is 1.38. The first-order valence-corrected chi connectivity index (χ1v) is 17.4. The fraction of sp³-hybridized carbons (Fsp3) is 0. The maximum Gasteiger partial charge on any atom is -0.00141 e. The Morgan fingerprint density at radius 3 is 1.42 bits per heavy atom. The van der Waals surface area contributed by atoms with Crippen LogP contribution in [0.4, 0.5) is 0 Å². The van der Waals surface area contributed by atoms with Crippen molar-refractivity contribution >= 4 is 86.2 Å². The van der Waals surface area contributed by atoms with Gasteiger partial charge in [-0.05, 0) is 121 Å². The van der Waals surface area contributed by atoms with Gasteiger partial charge in [0, 0.05) is 0 Å². The summed E-state index contributed by atoms with van der Waals surface area (Å²) in [6, 6.07) is 67.7. The van der Waals surface area contributed by atoms with Crippen LogP contribution in [0.25, 0.3) is 108 Å². The number of hydrogen-bond donors (Lipinski definition) is 0. The molecular weight excluding hydrogens is 601 g/mol. The van der Waals surface area contributed by atoms with Gasteiger partial charge in [-0.25, -0.2) is 0 Å². The highest BCUT2D eigenvalue weighted by molar-refractivity contribution is 6.35. The Labute approximate surface area is 289 Å². The zero-order chi connectivity index (χ0) is 32.8. The van der Waals surface area contributed by atoms with Crippen molar-refractivity contribution in [2.24, 2.45) is 0 Å². The third-order valence-corrected chi connectivity index (χ3v) is 11.0. The average molecular weight is 631 g/mol. The van der Waals surface area contributed by atoms with Gasteiger partial charge in [0.15, 0.2) is 0 Å². The summed E-state index contributed by atoms with van der Waals surface area (Å²) in [6.45, 7) is 0. The van der Waals surface area contributed by atoms with Gasteiger partial charge in [-0.2, -0.15) is 0 Å². The molecule has 0 fully saturated rings. The SMILES string of the molecule is c1ccc2cc(-c3c4ccccc4c(-c4cc5c6ccccc6c6ccccc6c5c5ccccc45)c4ccc5ccccc5c34)ccc2c1. The molecule has 0 aliphatic carbocycles. The number of fused-ring (bicyclic) bond motifs is 13. The summed E-state index contributed by atoms with van der Waals surface area (Å²) < 4.78 is 0. The molecule has 0 radical (unpaired) electrons. The predicted octanol–water partition coefficient (Wildman–Crippen LogP) is 14.2. The lowest BCUT2D eigenvalue weighted by molar-refractivity contribution is 1.70. The molecule has 0 saturated carbocycles. The summed E-state index contributed by atoms with van der Waals surface area (Å²) in [5.41, 5.74) is 5.10. The molecular formula is C50H30. The minimum Gasteiger partial charge on any atom is -0.0616 e. The second-order valence-electron chi connectivity index (χ2n) is 13.6. The fourth-order valence-electron chi connectivity index (χ4n) is 8.86. The summed E-state index contributed by atoms with van der Waals surface area (Å²) in [5, 5.41) is 20.6. The van der Waals surface area contributed by atoms with Crippen LogP contribution in [0.3, 0.4) is 0 Å². The highest BCUT2D eigenvalue weighted by atomic mass is 14.2. The van der Waals surface area contributed by atoms with Crippen LogP contribution >= 0.6 is 0 Å². The molecule has 0 aromatic heterocycles. The molecule has 0 spiro atoms. The van der Waals surface area contributed by atoms with Gasteiger partial charge in [0.25, 0.3) is 0 Å². The zero-order valence-corrected chi connectivity index (χ0v) is 27.3. The first-order chi connectivity index (χ1) is 24.8. The van der Waals surface area contributed by atoms with Crippen LogP contribution in [0.2, 0.25) is 0 Å². The van der Waals surface area contributed by atoms with E-state index >= 15 is 0 Å². The van der Waals surface area contributed by atoms with E-state index in [-0.39, 0.29) is 0 Å². The van der Waals surface area contributed by atoms with E-state index in [0.717, 1.165) is 0 Å². The predicted molar refractivity (Wildman–Crippen MR) is 217 cm³/mol. The third kappa shape index (κ3) is 3.82. The minimum atomic E-state index is 1.24. The van der Waals surface area contributed by atoms with Crippen molar-refractivity contribution in [2.75, 3.05) is 0 Å². The van der Waals surface area contributed by atoms with E-state index in [2.05, 4.69) is 182 Å². The summed E-state index contributed by atoms with van der Waals surface area (Å²) >= 11 is 0. The van der Waals surface area contributed by atoms with Gasteiger partial charge in [-0.1, -0.05) is 170 Å². The smallest absolute Gasteiger partial charge is 0.00141 e. The molecule has 0 bridgehead atoms. The molecule has 0 atom stereocenters. The Hall–Kier alpha value is -6.50. The van der Waals surface area contributed by atoms with Crippen molar-refractivity contribution in [3.8, 4) is 22.3 Å². The Morgan fingerprint density at radius 2 is 0.700 bits per heavy atom. The Morgan fingerprint density at radius 1 is 0.220 bits per heavy atom. The Kier molecular flexibility index (Phi) is 5.76. The molecule has 11 aromatic carbocycles.